The Morgan fingerprint density at radius 3 is 2.28 bits per heavy atom. The Morgan fingerprint density at radius 2 is 1.68 bits per heavy atom. The second-order valence-corrected chi connectivity index (χ2v) is 6.53. The number of aliphatic carboxylic acids is 1. The number of hydrogen-bond acceptors (Lipinski definition) is 3. The van der Waals surface area contributed by atoms with Gasteiger partial charge in [0, 0.05) is 31.9 Å². The predicted octanol–water partition coefficient (Wildman–Crippen LogP) is 3.39. The summed E-state index contributed by atoms with van der Waals surface area (Å²) >= 11 is 0. The third-order valence-electron chi connectivity index (χ3n) is 5.05. The van der Waals surface area contributed by atoms with Gasteiger partial charge in [-0.15, -0.1) is 0 Å². The van der Waals surface area contributed by atoms with Crippen molar-refractivity contribution < 1.29 is 14.3 Å². The van der Waals surface area contributed by atoms with Crippen LogP contribution in [0.3, 0.4) is 0 Å². The number of benzene rings is 2. The monoisotopic (exact) mass is 342 g/mol. The molecule has 0 aromatic heterocycles. The average molecular weight is 342 g/mol. The van der Waals surface area contributed by atoms with E-state index >= 15 is 0 Å². The van der Waals surface area contributed by atoms with E-state index in [2.05, 4.69) is 4.90 Å². The first-order valence-electron chi connectivity index (χ1n) is 8.51. The topological polar surface area (TPSA) is 43.8 Å². The number of piperazine rings is 1. The summed E-state index contributed by atoms with van der Waals surface area (Å²) in [6.45, 7) is 6.74. The molecule has 1 aliphatic heterocycles. The van der Waals surface area contributed by atoms with Crippen molar-refractivity contribution in [3.8, 4) is 0 Å². The summed E-state index contributed by atoms with van der Waals surface area (Å²) in [5, 5.41) is 9.81. The third-order valence-corrected chi connectivity index (χ3v) is 5.05. The maximum Gasteiger partial charge on any atom is 0.325 e. The lowest BCUT2D eigenvalue weighted by Crippen LogP contribution is -2.49. The molecule has 0 aliphatic carbocycles. The van der Waals surface area contributed by atoms with E-state index in [9.17, 15) is 14.3 Å². The molecule has 3 rings (SSSR count). The van der Waals surface area contributed by atoms with E-state index in [0.29, 0.717) is 13.1 Å². The minimum absolute atomic E-state index is 0.247. The molecule has 1 N–H and O–H groups in total. The number of anilines is 1. The molecule has 1 unspecified atom stereocenters. The first kappa shape index (κ1) is 17.4. The van der Waals surface area contributed by atoms with E-state index in [-0.39, 0.29) is 5.82 Å². The number of carbonyl (C=O) groups is 1. The number of rotatable bonds is 4. The molecule has 132 valence electrons. The Morgan fingerprint density at radius 1 is 1.04 bits per heavy atom. The molecular weight excluding hydrogens is 319 g/mol. The minimum atomic E-state index is -0.816. The van der Waals surface area contributed by atoms with Gasteiger partial charge in [-0.3, -0.25) is 9.69 Å². The van der Waals surface area contributed by atoms with Crippen LogP contribution in [0.2, 0.25) is 0 Å². The quantitative estimate of drug-likeness (QED) is 0.925. The molecule has 1 aliphatic rings. The van der Waals surface area contributed by atoms with Gasteiger partial charge in [0.2, 0.25) is 0 Å². The van der Waals surface area contributed by atoms with Crippen molar-refractivity contribution in [3.63, 3.8) is 0 Å². The van der Waals surface area contributed by atoms with Gasteiger partial charge >= 0.3 is 5.97 Å². The lowest BCUT2D eigenvalue weighted by atomic mass is 9.96. The summed E-state index contributed by atoms with van der Waals surface area (Å²) in [7, 11) is 0. The molecule has 1 heterocycles. The molecule has 5 heteroatoms. The van der Waals surface area contributed by atoms with E-state index in [1.54, 1.807) is 12.1 Å². The molecule has 0 spiro atoms. The van der Waals surface area contributed by atoms with E-state index in [0.717, 1.165) is 35.5 Å². The van der Waals surface area contributed by atoms with Crippen molar-refractivity contribution in [3.05, 3.63) is 65.0 Å². The van der Waals surface area contributed by atoms with Crippen LogP contribution in [0.1, 0.15) is 22.7 Å². The molecule has 2 aromatic carbocycles. The Hall–Kier alpha value is -2.40. The van der Waals surface area contributed by atoms with Crippen LogP contribution in [0.4, 0.5) is 10.1 Å². The number of aryl methyl sites for hydroxylation is 1. The molecule has 4 nitrogen and oxygen atoms in total. The molecule has 2 aromatic rings. The first-order valence-corrected chi connectivity index (χ1v) is 8.51. The molecule has 0 bridgehead atoms. The molecule has 0 amide bonds. The summed E-state index contributed by atoms with van der Waals surface area (Å²) < 4.78 is 13.1. The van der Waals surface area contributed by atoms with Crippen LogP contribution < -0.4 is 4.90 Å². The summed E-state index contributed by atoms with van der Waals surface area (Å²) in [6.07, 6.45) is 0. The van der Waals surface area contributed by atoms with Gasteiger partial charge in [-0.25, -0.2) is 4.39 Å². The number of nitrogens with zero attached hydrogens (tertiary/aromatic N) is 2. The average Bonchev–Trinajstić information content (AvgIpc) is 2.60. The van der Waals surface area contributed by atoms with Crippen LogP contribution in [-0.4, -0.2) is 42.2 Å². The van der Waals surface area contributed by atoms with Crippen LogP contribution in [0.25, 0.3) is 0 Å². The second-order valence-electron chi connectivity index (χ2n) is 6.53. The number of hydrogen-bond donors (Lipinski definition) is 1. The van der Waals surface area contributed by atoms with Crippen LogP contribution in [0, 0.1) is 19.7 Å². The zero-order valence-electron chi connectivity index (χ0n) is 14.6. The van der Waals surface area contributed by atoms with Gasteiger partial charge in [-0.1, -0.05) is 18.2 Å². The Kier molecular flexibility index (Phi) is 5.04. The van der Waals surface area contributed by atoms with Crippen LogP contribution >= 0.6 is 0 Å². The van der Waals surface area contributed by atoms with Crippen molar-refractivity contribution in [2.24, 2.45) is 0 Å². The lowest BCUT2D eigenvalue weighted by Gasteiger charge is -2.39. The first-order chi connectivity index (χ1) is 12.0. The number of halogens is 1. The summed E-state index contributed by atoms with van der Waals surface area (Å²) in [5.41, 5.74) is 3.98. The maximum absolute atomic E-state index is 13.1. The molecule has 1 fully saturated rings. The molecule has 0 saturated carbocycles. The van der Waals surface area contributed by atoms with Gasteiger partial charge in [-0.05, 0) is 54.8 Å². The summed E-state index contributed by atoms with van der Waals surface area (Å²) in [5.74, 6) is -1.06. The third kappa shape index (κ3) is 3.66. The summed E-state index contributed by atoms with van der Waals surface area (Å²) in [4.78, 5) is 16.1. The van der Waals surface area contributed by atoms with Crippen molar-refractivity contribution in [1.29, 1.82) is 0 Å². The van der Waals surface area contributed by atoms with Crippen LogP contribution in [-0.2, 0) is 4.79 Å². The zero-order chi connectivity index (χ0) is 18.0. The van der Waals surface area contributed by atoms with Crippen molar-refractivity contribution in [1.82, 2.24) is 4.90 Å². The normalized spacial score (nSPS) is 16.7. The summed E-state index contributed by atoms with van der Waals surface area (Å²) in [6, 6.07) is 11.7. The molecule has 1 saturated heterocycles. The van der Waals surface area contributed by atoms with Crippen LogP contribution in [0.15, 0.2) is 42.5 Å². The largest absolute Gasteiger partial charge is 0.480 e. The second kappa shape index (κ2) is 7.23. The zero-order valence-corrected chi connectivity index (χ0v) is 14.6. The Bertz CT molecular complexity index is 753. The number of carboxylic acid groups (broad SMARTS) is 1. The van der Waals surface area contributed by atoms with Crippen molar-refractivity contribution >= 4 is 11.7 Å². The van der Waals surface area contributed by atoms with Gasteiger partial charge in [0.25, 0.3) is 0 Å². The highest BCUT2D eigenvalue weighted by Crippen LogP contribution is 2.28. The van der Waals surface area contributed by atoms with E-state index in [1.165, 1.54) is 12.1 Å². The highest BCUT2D eigenvalue weighted by atomic mass is 19.1. The fourth-order valence-electron chi connectivity index (χ4n) is 3.45. The lowest BCUT2D eigenvalue weighted by molar-refractivity contribution is -0.143. The molecule has 25 heavy (non-hydrogen) atoms. The van der Waals surface area contributed by atoms with E-state index in [1.807, 2.05) is 36.9 Å². The van der Waals surface area contributed by atoms with Gasteiger partial charge < -0.3 is 10.0 Å². The Balaban J connectivity index is 1.76. The number of carboxylic acids is 1. The molecule has 0 radical (unpaired) electrons. The Labute approximate surface area is 147 Å². The van der Waals surface area contributed by atoms with Gasteiger partial charge in [0.15, 0.2) is 0 Å². The van der Waals surface area contributed by atoms with Gasteiger partial charge in [0.05, 0.1) is 0 Å². The van der Waals surface area contributed by atoms with Gasteiger partial charge in [-0.2, -0.15) is 0 Å². The fourth-order valence-corrected chi connectivity index (χ4v) is 3.45. The standard InChI is InChI=1S/C20H23FN2O2/c1-14-4-3-5-18(15(14)2)19(20(24)25)23-12-10-22(11-13-23)17-8-6-16(21)7-9-17/h3-9,19H,10-13H2,1-2H3,(H,24,25). The predicted molar refractivity (Wildman–Crippen MR) is 96.5 cm³/mol. The molecule has 1 atom stereocenters. The SMILES string of the molecule is Cc1cccc(C(C(=O)O)N2CCN(c3ccc(F)cc3)CC2)c1C. The highest BCUT2D eigenvalue weighted by molar-refractivity contribution is 5.76. The van der Waals surface area contributed by atoms with E-state index in [4.69, 9.17) is 0 Å². The smallest absolute Gasteiger partial charge is 0.325 e. The van der Waals surface area contributed by atoms with E-state index < -0.39 is 12.0 Å². The van der Waals surface area contributed by atoms with Crippen LogP contribution in [0.5, 0.6) is 0 Å². The van der Waals surface area contributed by atoms with Crippen molar-refractivity contribution in [2.45, 2.75) is 19.9 Å². The fraction of sp³-hybridized carbons (Fsp3) is 0.350. The molecular formula is C20H23FN2O2. The maximum atomic E-state index is 13.1. The van der Waals surface area contributed by atoms with Gasteiger partial charge in [0.1, 0.15) is 11.9 Å². The minimum Gasteiger partial charge on any atom is -0.480 e. The highest BCUT2D eigenvalue weighted by Gasteiger charge is 2.31. The van der Waals surface area contributed by atoms with Crippen molar-refractivity contribution in [2.75, 3.05) is 31.1 Å².